The lowest BCUT2D eigenvalue weighted by Crippen LogP contribution is -2.24. The maximum atomic E-state index is 13.3. The topological polar surface area (TPSA) is 75.2 Å². The van der Waals surface area contributed by atoms with Crippen LogP contribution in [0.25, 0.3) is 0 Å². The van der Waals surface area contributed by atoms with Crippen molar-refractivity contribution in [3.8, 4) is 0 Å². The number of hydrogen-bond donors (Lipinski definition) is 1. The third-order valence-corrected chi connectivity index (χ3v) is 5.54. The number of aryl methyl sites for hydroxylation is 1. The Morgan fingerprint density at radius 1 is 1.21 bits per heavy atom. The van der Waals surface area contributed by atoms with Crippen LogP contribution >= 0.6 is 11.3 Å². The van der Waals surface area contributed by atoms with Gasteiger partial charge in [-0.25, -0.2) is 4.39 Å². The van der Waals surface area contributed by atoms with E-state index in [4.69, 9.17) is 0 Å². The van der Waals surface area contributed by atoms with Gasteiger partial charge in [0.2, 0.25) is 11.0 Å². The first-order valence-corrected chi connectivity index (χ1v) is 9.58. The van der Waals surface area contributed by atoms with Crippen LogP contribution in [0, 0.1) is 12.7 Å². The van der Waals surface area contributed by atoms with Crippen LogP contribution in [-0.4, -0.2) is 28.6 Å². The minimum absolute atomic E-state index is 0.0381. The summed E-state index contributed by atoms with van der Waals surface area (Å²) in [7, 11) is 0. The van der Waals surface area contributed by atoms with Gasteiger partial charge in [-0.3, -0.25) is 14.9 Å². The number of anilines is 2. The zero-order valence-electron chi connectivity index (χ0n) is 15.1. The molecule has 2 amide bonds. The fourth-order valence-corrected chi connectivity index (χ4v) is 4.00. The molecule has 142 valence electrons. The summed E-state index contributed by atoms with van der Waals surface area (Å²) in [6, 6.07) is 13.2. The lowest BCUT2D eigenvalue weighted by molar-refractivity contribution is -0.117. The van der Waals surface area contributed by atoms with Crippen molar-refractivity contribution in [3.63, 3.8) is 0 Å². The Balaban J connectivity index is 1.46. The van der Waals surface area contributed by atoms with Crippen molar-refractivity contribution in [2.24, 2.45) is 0 Å². The number of carbonyl (C=O) groups excluding carboxylic acids is 2. The second kappa shape index (κ2) is 7.47. The zero-order chi connectivity index (χ0) is 19.7. The van der Waals surface area contributed by atoms with Gasteiger partial charge in [-0.15, -0.1) is 10.2 Å². The molecule has 3 aromatic rings. The molecule has 0 bridgehead atoms. The van der Waals surface area contributed by atoms with E-state index in [1.165, 1.54) is 29.5 Å². The van der Waals surface area contributed by atoms with Crippen molar-refractivity contribution in [3.05, 3.63) is 70.5 Å². The van der Waals surface area contributed by atoms with Crippen LogP contribution < -0.4 is 10.2 Å². The second-order valence-corrected chi connectivity index (χ2v) is 7.66. The van der Waals surface area contributed by atoms with Crippen LogP contribution in [0.1, 0.15) is 33.3 Å². The predicted molar refractivity (Wildman–Crippen MR) is 105 cm³/mol. The number of hydrogen-bond acceptors (Lipinski definition) is 5. The zero-order valence-corrected chi connectivity index (χ0v) is 15.9. The predicted octanol–water partition coefficient (Wildman–Crippen LogP) is 3.76. The Labute approximate surface area is 165 Å². The summed E-state index contributed by atoms with van der Waals surface area (Å²) in [5, 5.41) is 11.8. The standard InChI is InChI=1S/C20H17FN4O2S/c1-12-4-2-7-16(8-12)25-11-14(10-17(25)26)19-23-24-20(28-19)22-18(27)13-5-3-6-15(21)9-13/h2-9,14H,10-11H2,1H3,(H,22,24,27). The van der Waals surface area contributed by atoms with E-state index in [9.17, 15) is 14.0 Å². The van der Waals surface area contributed by atoms with Crippen molar-refractivity contribution in [2.75, 3.05) is 16.8 Å². The van der Waals surface area contributed by atoms with E-state index in [1.54, 1.807) is 4.90 Å². The van der Waals surface area contributed by atoms with E-state index in [0.29, 0.717) is 23.1 Å². The van der Waals surface area contributed by atoms with Crippen LogP contribution in [0.3, 0.4) is 0 Å². The van der Waals surface area contributed by atoms with Gasteiger partial charge in [-0.05, 0) is 42.8 Å². The number of carbonyl (C=O) groups is 2. The number of nitrogens with zero attached hydrogens (tertiary/aromatic N) is 3. The van der Waals surface area contributed by atoms with E-state index in [2.05, 4.69) is 15.5 Å². The summed E-state index contributed by atoms with van der Waals surface area (Å²) >= 11 is 1.23. The molecule has 1 aromatic heterocycles. The number of halogens is 1. The molecule has 1 saturated heterocycles. The van der Waals surface area contributed by atoms with Crippen molar-refractivity contribution in [2.45, 2.75) is 19.3 Å². The molecule has 6 nitrogen and oxygen atoms in total. The van der Waals surface area contributed by atoms with E-state index in [0.717, 1.165) is 17.3 Å². The van der Waals surface area contributed by atoms with Crippen LogP contribution in [0.2, 0.25) is 0 Å². The van der Waals surface area contributed by atoms with Gasteiger partial charge < -0.3 is 4.90 Å². The Morgan fingerprint density at radius 3 is 2.82 bits per heavy atom. The lowest BCUT2D eigenvalue weighted by Gasteiger charge is -2.16. The third-order valence-electron chi connectivity index (χ3n) is 4.54. The summed E-state index contributed by atoms with van der Waals surface area (Å²) in [6.45, 7) is 2.51. The number of nitrogens with one attached hydrogen (secondary N) is 1. The molecule has 4 rings (SSSR count). The normalized spacial score (nSPS) is 16.4. The Hall–Kier alpha value is -3.13. The highest BCUT2D eigenvalue weighted by molar-refractivity contribution is 7.15. The Bertz CT molecular complexity index is 1050. The fraction of sp³-hybridized carbons (Fsp3) is 0.200. The third kappa shape index (κ3) is 3.77. The number of benzene rings is 2. The highest BCUT2D eigenvalue weighted by Crippen LogP contribution is 2.34. The summed E-state index contributed by atoms with van der Waals surface area (Å²) in [6.07, 6.45) is 0.348. The minimum Gasteiger partial charge on any atom is -0.312 e. The average molecular weight is 396 g/mol. The van der Waals surface area contributed by atoms with Crippen molar-refractivity contribution >= 4 is 34.0 Å². The first kappa shape index (κ1) is 18.2. The molecule has 28 heavy (non-hydrogen) atoms. The maximum absolute atomic E-state index is 13.3. The molecule has 0 aliphatic carbocycles. The summed E-state index contributed by atoms with van der Waals surface area (Å²) in [5.74, 6) is -0.973. The summed E-state index contributed by atoms with van der Waals surface area (Å²) in [4.78, 5) is 26.4. The lowest BCUT2D eigenvalue weighted by atomic mass is 10.1. The van der Waals surface area contributed by atoms with Gasteiger partial charge in [0.05, 0.1) is 0 Å². The van der Waals surface area contributed by atoms with Gasteiger partial charge in [0.15, 0.2) is 0 Å². The molecule has 0 saturated carbocycles. The number of amides is 2. The monoisotopic (exact) mass is 396 g/mol. The van der Waals surface area contributed by atoms with Crippen molar-refractivity contribution in [1.82, 2.24) is 10.2 Å². The van der Waals surface area contributed by atoms with Gasteiger partial charge in [0.1, 0.15) is 10.8 Å². The molecule has 1 unspecified atom stereocenters. The van der Waals surface area contributed by atoms with E-state index >= 15 is 0 Å². The van der Waals surface area contributed by atoms with Crippen LogP contribution in [0.5, 0.6) is 0 Å². The van der Waals surface area contributed by atoms with Crippen LogP contribution in [0.4, 0.5) is 15.2 Å². The average Bonchev–Trinajstić information content (AvgIpc) is 3.28. The molecule has 0 radical (unpaired) electrons. The van der Waals surface area contributed by atoms with Crippen LogP contribution in [0.15, 0.2) is 48.5 Å². The molecule has 1 fully saturated rings. The van der Waals surface area contributed by atoms with Gasteiger partial charge in [-0.2, -0.15) is 0 Å². The van der Waals surface area contributed by atoms with Crippen molar-refractivity contribution in [1.29, 1.82) is 0 Å². The summed E-state index contributed by atoms with van der Waals surface area (Å²) in [5.41, 5.74) is 2.17. The molecule has 1 atom stereocenters. The maximum Gasteiger partial charge on any atom is 0.257 e. The molecular formula is C20H17FN4O2S. The molecule has 0 spiro atoms. The Morgan fingerprint density at radius 2 is 2.04 bits per heavy atom. The molecule has 1 aliphatic heterocycles. The molecular weight excluding hydrogens is 379 g/mol. The smallest absolute Gasteiger partial charge is 0.257 e. The molecule has 1 N–H and O–H groups in total. The van der Waals surface area contributed by atoms with Gasteiger partial charge >= 0.3 is 0 Å². The van der Waals surface area contributed by atoms with E-state index in [-0.39, 0.29) is 17.4 Å². The first-order valence-electron chi connectivity index (χ1n) is 8.77. The molecule has 2 heterocycles. The quantitative estimate of drug-likeness (QED) is 0.729. The van der Waals surface area contributed by atoms with E-state index < -0.39 is 11.7 Å². The molecule has 2 aromatic carbocycles. The minimum atomic E-state index is -0.480. The highest BCUT2D eigenvalue weighted by atomic mass is 32.1. The van der Waals surface area contributed by atoms with Gasteiger partial charge in [0.25, 0.3) is 5.91 Å². The van der Waals surface area contributed by atoms with Gasteiger partial charge in [0, 0.05) is 30.1 Å². The largest absolute Gasteiger partial charge is 0.312 e. The first-order chi connectivity index (χ1) is 13.5. The number of aromatic nitrogens is 2. The van der Waals surface area contributed by atoms with Crippen molar-refractivity contribution < 1.29 is 14.0 Å². The fourth-order valence-electron chi connectivity index (χ4n) is 3.17. The van der Waals surface area contributed by atoms with E-state index in [1.807, 2.05) is 31.2 Å². The molecule has 1 aliphatic rings. The van der Waals surface area contributed by atoms with Gasteiger partial charge in [-0.1, -0.05) is 29.5 Å². The Kier molecular flexibility index (Phi) is 4.87. The molecule has 8 heteroatoms. The second-order valence-electron chi connectivity index (χ2n) is 6.65. The highest BCUT2D eigenvalue weighted by Gasteiger charge is 2.34. The SMILES string of the molecule is Cc1cccc(N2CC(c3nnc(NC(=O)c4cccc(F)c4)s3)CC2=O)c1. The number of rotatable bonds is 4. The van der Waals surface area contributed by atoms with Crippen LogP contribution in [-0.2, 0) is 4.79 Å². The summed E-state index contributed by atoms with van der Waals surface area (Å²) < 4.78 is 13.3.